The van der Waals surface area contributed by atoms with E-state index in [0.717, 1.165) is 31.6 Å². The summed E-state index contributed by atoms with van der Waals surface area (Å²) in [4.78, 5) is 13.1. The van der Waals surface area contributed by atoms with Crippen molar-refractivity contribution in [3.05, 3.63) is 29.6 Å². The molecular weight excluding hydrogens is 207 g/mol. The third-order valence-corrected chi connectivity index (χ3v) is 2.89. The Morgan fingerprint density at radius 1 is 1.19 bits per heavy atom. The highest BCUT2D eigenvalue weighted by molar-refractivity contribution is 5.93. The second kappa shape index (κ2) is 4.51. The number of carbonyl (C=O) groups is 1. The van der Waals surface area contributed by atoms with Crippen molar-refractivity contribution >= 4 is 11.6 Å². The summed E-state index contributed by atoms with van der Waals surface area (Å²) in [5.74, 6) is -0.991. The summed E-state index contributed by atoms with van der Waals surface area (Å²) >= 11 is 0. The van der Waals surface area contributed by atoms with Gasteiger partial charge in [-0.3, -0.25) is 4.79 Å². The van der Waals surface area contributed by atoms with Gasteiger partial charge in [-0.1, -0.05) is 0 Å². The Bertz CT molecular complexity index is 400. The Labute approximate surface area is 94.0 Å². The van der Waals surface area contributed by atoms with Gasteiger partial charge in [-0.25, -0.2) is 4.39 Å². The Morgan fingerprint density at radius 2 is 1.88 bits per heavy atom. The molecule has 1 aromatic carbocycles. The number of halogens is 1. The summed E-state index contributed by atoms with van der Waals surface area (Å²) in [5, 5.41) is 0. The average Bonchev–Trinajstić information content (AvgIpc) is 2.29. The zero-order valence-electron chi connectivity index (χ0n) is 9.08. The van der Waals surface area contributed by atoms with Crippen LogP contribution in [-0.4, -0.2) is 19.0 Å². The van der Waals surface area contributed by atoms with Gasteiger partial charge in [-0.15, -0.1) is 0 Å². The number of benzene rings is 1. The minimum atomic E-state index is -0.585. The fourth-order valence-electron chi connectivity index (χ4n) is 2.05. The molecule has 0 aliphatic carbocycles. The molecular formula is C12H15FN2O. The molecule has 2 rings (SSSR count). The van der Waals surface area contributed by atoms with Gasteiger partial charge in [0.05, 0.1) is 0 Å². The first-order chi connectivity index (χ1) is 7.66. The van der Waals surface area contributed by atoms with Crippen molar-refractivity contribution in [2.75, 3.05) is 18.0 Å². The zero-order valence-corrected chi connectivity index (χ0v) is 9.08. The molecule has 0 aromatic heterocycles. The van der Waals surface area contributed by atoms with Gasteiger partial charge in [0.1, 0.15) is 5.82 Å². The third-order valence-electron chi connectivity index (χ3n) is 2.89. The van der Waals surface area contributed by atoms with E-state index in [4.69, 9.17) is 5.73 Å². The summed E-state index contributed by atoms with van der Waals surface area (Å²) in [7, 11) is 0. The van der Waals surface area contributed by atoms with E-state index in [1.807, 2.05) is 0 Å². The molecule has 0 spiro atoms. The van der Waals surface area contributed by atoms with Crippen molar-refractivity contribution in [2.24, 2.45) is 5.73 Å². The predicted molar refractivity (Wildman–Crippen MR) is 61.0 cm³/mol. The number of hydrogen-bond donors (Lipinski definition) is 1. The molecule has 0 unspecified atom stereocenters. The monoisotopic (exact) mass is 222 g/mol. The molecule has 1 aliphatic rings. The SMILES string of the molecule is NC(=O)c1cc(F)cc(N2CCCCC2)c1. The van der Waals surface area contributed by atoms with E-state index in [0.29, 0.717) is 0 Å². The van der Waals surface area contributed by atoms with Crippen molar-refractivity contribution in [3.8, 4) is 0 Å². The minimum absolute atomic E-state index is 0.237. The number of nitrogens with two attached hydrogens (primary N) is 1. The normalized spacial score (nSPS) is 16.2. The topological polar surface area (TPSA) is 46.3 Å². The lowest BCUT2D eigenvalue weighted by atomic mass is 10.1. The molecule has 1 fully saturated rings. The van der Waals surface area contributed by atoms with Crippen LogP contribution in [0, 0.1) is 5.82 Å². The van der Waals surface area contributed by atoms with Crippen LogP contribution in [-0.2, 0) is 0 Å². The van der Waals surface area contributed by atoms with Crippen LogP contribution in [0.4, 0.5) is 10.1 Å². The fourth-order valence-corrected chi connectivity index (χ4v) is 2.05. The Hall–Kier alpha value is -1.58. The summed E-state index contributed by atoms with van der Waals surface area (Å²) < 4.78 is 13.3. The molecule has 0 radical (unpaired) electrons. The van der Waals surface area contributed by atoms with Crippen LogP contribution < -0.4 is 10.6 Å². The van der Waals surface area contributed by atoms with Gasteiger partial charge in [0.2, 0.25) is 5.91 Å². The van der Waals surface area contributed by atoms with Gasteiger partial charge in [-0.05, 0) is 37.5 Å². The van der Waals surface area contributed by atoms with Crippen molar-refractivity contribution in [3.63, 3.8) is 0 Å². The molecule has 1 amide bonds. The molecule has 1 saturated heterocycles. The van der Waals surface area contributed by atoms with E-state index in [9.17, 15) is 9.18 Å². The van der Waals surface area contributed by atoms with Crippen LogP contribution >= 0.6 is 0 Å². The quantitative estimate of drug-likeness (QED) is 0.830. The summed E-state index contributed by atoms with van der Waals surface area (Å²) in [5.41, 5.74) is 6.15. The Kier molecular flexibility index (Phi) is 3.08. The summed E-state index contributed by atoms with van der Waals surface area (Å²) in [6, 6.07) is 4.30. The van der Waals surface area contributed by atoms with Crippen LogP contribution in [0.1, 0.15) is 29.6 Å². The Balaban J connectivity index is 2.28. The van der Waals surface area contributed by atoms with Gasteiger partial charge in [0, 0.05) is 24.3 Å². The van der Waals surface area contributed by atoms with Gasteiger partial charge < -0.3 is 10.6 Å². The van der Waals surface area contributed by atoms with E-state index in [1.165, 1.54) is 18.6 Å². The minimum Gasteiger partial charge on any atom is -0.371 e. The first-order valence-corrected chi connectivity index (χ1v) is 5.52. The van der Waals surface area contributed by atoms with Gasteiger partial charge in [0.15, 0.2) is 0 Å². The van der Waals surface area contributed by atoms with Crippen molar-refractivity contribution in [2.45, 2.75) is 19.3 Å². The molecule has 2 N–H and O–H groups in total. The molecule has 4 heteroatoms. The number of piperidine rings is 1. The van der Waals surface area contributed by atoms with E-state index >= 15 is 0 Å². The number of hydrogen-bond acceptors (Lipinski definition) is 2. The first-order valence-electron chi connectivity index (χ1n) is 5.52. The average molecular weight is 222 g/mol. The maximum absolute atomic E-state index is 13.3. The molecule has 1 aromatic rings. The molecule has 16 heavy (non-hydrogen) atoms. The molecule has 86 valence electrons. The maximum Gasteiger partial charge on any atom is 0.248 e. The first kappa shape index (κ1) is 10.9. The highest BCUT2D eigenvalue weighted by Gasteiger charge is 2.13. The van der Waals surface area contributed by atoms with Crippen LogP contribution in [0.3, 0.4) is 0 Å². The summed E-state index contributed by atoms with van der Waals surface area (Å²) in [6.45, 7) is 1.84. The van der Waals surface area contributed by atoms with Gasteiger partial charge in [0.25, 0.3) is 0 Å². The molecule has 0 saturated carbocycles. The van der Waals surface area contributed by atoms with E-state index in [-0.39, 0.29) is 5.56 Å². The van der Waals surface area contributed by atoms with Crippen molar-refractivity contribution < 1.29 is 9.18 Å². The number of amides is 1. The maximum atomic E-state index is 13.3. The number of anilines is 1. The highest BCUT2D eigenvalue weighted by Crippen LogP contribution is 2.22. The Morgan fingerprint density at radius 3 is 2.50 bits per heavy atom. The van der Waals surface area contributed by atoms with Crippen LogP contribution in [0.25, 0.3) is 0 Å². The lowest BCUT2D eigenvalue weighted by molar-refractivity contribution is 0.1000. The second-order valence-electron chi connectivity index (χ2n) is 4.11. The van der Waals surface area contributed by atoms with E-state index in [2.05, 4.69) is 4.90 Å². The number of primary amides is 1. The largest absolute Gasteiger partial charge is 0.371 e. The molecule has 0 bridgehead atoms. The van der Waals surface area contributed by atoms with Crippen LogP contribution in [0.5, 0.6) is 0 Å². The zero-order chi connectivity index (χ0) is 11.5. The van der Waals surface area contributed by atoms with Gasteiger partial charge >= 0.3 is 0 Å². The lowest BCUT2D eigenvalue weighted by Crippen LogP contribution is -2.29. The predicted octanol–water partition coefficient (Wildman–Crippen LogP) is 1.91. The van der Waals surface area contributed by atoms with Crippen molar-refractivity contribution in [1.82, 2.24) is 0 Å². The van der Waals surface area contributed by atoms with Crippen molar-refractivity contribution in [1.29, 1.82) is 0 Å². The van der Waals surface area contributed by atoms with Crippen LogP contribution in [0.2, 0.25) is 0 Å². The highest BCUT2D eigenvalue weighted by atomic mass is 19.1. The second-order valence-corrected chi connectivity index (χ2v) is 4.11. The molecule has 0 atom stereocenters. The third kappa shape index (κ3) is 2.32. The molecule has 1 heterocycles. The number of rotatable bonds is 2. The molecule has 3 nitrogen and oxygen atoms in total. The smallest absolute Gasteiger partial charge is 0.248 e. The number of nitrogens with zero attached hydrogens (tertiary/aromatic N) is 1. The van der Waals surface area contributed by atoms with Crippen LogP contribution in [0.15, 0.2) is 18.2 Å². The lowest BCUT2D eigenvalue weighted by Gasteiger charge is -2.29. The number of carbonyl (C=O) groups excluding carboxylic acids is 1. The van der Waals surface area contributed by atoms with E-state index < -0.39 is 11.7 Å². The summed E-state index contributed by atoms with van der Waals surface area (Å²) in [6.07, 6.45) is 3.44. The van der Waals surface area contributed by atoms with E-state index in [1.54, 1.807) is 6.07 Å². The standard InChI is InChI=1S/C12H15FN2O/c13-10-6-9(12(14)16)7-11(8-10)15-4-2-1-3-5-15/h6-8H,1-5H2,(H2,14,16). The molecule has 1 aliphatic heterocycles. The van der Waals surface area contributed by atoms with Gasteiger partial charge in [-0.2, -0.15) is 0 Å². The fraction of sp³-hybridized carbons (Fsp3) is 0.417.